The van der Waals surface area contributed by atoms with E-state index in [0.29, 0.717) is 57.4 Å². The number of nitrogens with zero attached hydrogens (tertiary/aromatic N) is 3. The lowest BCUT2D eigenvalue weighted by Crippen LogP contribution is -2.49. The Morgan fingerprint density at radius 1 is 1.12 bits per heavy atom. The van der Waals surface area contributed by atoms with E-state index in [1.165, 1.54) is 21.0 Å². The van der Waals surface area contributed by atoms with Crippen molar-refractivity contribution in [3.63, 3.8) is 0 Å². The first-order chi connectivity index (χ1) is 15.7. The molecule has 0 aliphatic carbocycles. The molecule has 1 amide bonds. The predicted molar refractivity (Wildman–Crippen MR) is 119 cm³/mol. The van der Waals surface area contributed by atoms with Gasteiger partial charge in [-0.3, -0.25) is 14.2 Å². The largest absolute Gasteiger partial charge is 0.466 e. The van der Waals surface area contributed by atoms with Gasteiger partial charge in [-0.05, 0) is 44.7 Å². The fourth-order valence-electron chi connectivity index (χ4n) is 4.64. The molecule has 1 aromatic carbocycles. The van der Waals surface area contributed by atoms with E-state index in [-0.39, 0.29) is 34.8 Å². The van der Waals surface area contributed by atoms with Gasteiger partial charge in [0.25, 0.3) is 0 Å². The number of aromatic nitrogens is 1. The number of piperidine rings is 2. The molecule has 3 heterocycles. The number of benzene rings is 1. The maximum Gasteiger partial charge on any atom is 0.419 e. The molecule has 1 atom stereocenters. The lowest BCUT2D eigenvalue weighted by atomic mass is 9.93. The molecule has 2 saturated heterocycles. The van der Waals surface area contributed by atoms with Crippen LogP contribution in [0.5, 0.6) is 0 Å². The number of likely N-dealkylation sites (tertiary alicyclic amines) is 1. The first kappa shape index (κ1) is 23.5. The number of rotatable bonds is 5. The highest BCUT2D eigenvalue weighted by Gasteiger charge is 2.37. The molecule has 2 fully saturated rings. The van der Waals surface area contributed by atoms with Gasteiger partial charge in [0, 0.05) is 39.3 Å². The van der Waals surface area contributed by atoms with Crippen molar-refractivity contribution < 1.29 is 27.2 Å². The van der Waals surface area contributed by atoms with Gasteiger partial charge in [0.2, 0.25) is 15.9 Å². The molecule has 0 bridgehead atoms. The molecular weight excluding hydrogens is 450 g/mol. The van der Waals surface area contributed by atoms with Gasteiger partial charge in [-0.1, -0.05) is 0 Å². The summed E-state index contributed by atoms with van der Waals surface area (Å²) in [5.41, 5.74) is 0.717. The molecule has 2 aromatic rings. The van der Waals surface area contributed by atoms with Crippen molar-refractivity contribution in [1.82, 2.24) is 13.8 Å². The zero-order chi connectivity index (χ0) is 23.8. The van der Waals surface area contributed by atoms with Gasteiger partial charge >= 0.3 is 11.7 Å². The Balaban J connectivity index is 1.44. The third-order valence-electron chi connectivity index (χ3n) is 6.56. The smallest absolute Gasteiger partial charge is 0.419 e. The Morgan fingerprint density at radius 3 is 2.55 bits per heavy atom. The average Bonchev–Trinajstić information content (AvgIpc) is 3.11. The summed E-state index contributed by atoms with van der Waals surface area (Å²) in [4.78, 5) is 38.6. The van der Waals surface area contributed by atoms with Crippen LogP contribution in [0.25, 0.3) is 11.1 Å². The maximum atomic E-state index is 13.3. The van der Waals surface area contributed by atoms with E-state index in [1.54, 1.807) is 24.9 Å². The molecule has 10 nitrogen and oxygen atoms in total. The Kier molecular flexibility index (Phi) is 6.62. The van der Waals surface area contributed by atoms with Crippen LogP contribution in [-0.4, -0.2) is 66.9 Å². The van der Waals surface area contributed by atoms with Gasteiger partial charge in [0.15, 0.2) is 5.58 Å². The quantitative estimate of drug-likeness (QED) is 0.594. The Morgan fingerprint density at radius 2 is 1.85 bits per heavy atom. The summed E-state index contributed by atoms with van der Waals surface area (Å²) in [6, 6.07) is 4.36. The number of hydrogen-bond donors (Lipinski definition) is 0. The van der Waals surface area contributed by atoms with Crippen LogP contribution < -0.4 is 5.76 Å². The fraction of sp³-hybridized carbons (Fsp3) is 0.591. The van der Waals surface area contributed by atoms with E-state index in [1.807, 2.05) is 0 Å². The Labute approximate surface area is 192 Å². The highest BCUT2D eigenvalue weighted by molar-refractivity contribution is 7.89. The number of ether oxygens (including phenoxy) is 1. The lowest BCUT2D eigenvalue weighted by Gasteiger charge is -2.37. The van der Waals surface area contributed by atoms with E-state index >= 15 is 0 Å². The van der Waals surface area contributed by atoms with Crippen LogP contribution in [0.3, 0.4) is 0 Å². The van der Waals surface area contributed by atoms with E-state index in [9.17, 15) is 22.8 Å². The molecular formula is C22H29N3O7S. The van der Waals surface area contributed by atoms with Crippen molar-refractivity contribution in [2.45, 2.75) is 37.5 Å². The van der Waals surface area contributed by atoms with Crippen molar-refractivity contribution in [1.29, 1.82) is 0 Å². The number of fused-ring (bicyclic) bond motifs is 1. The molecule has 0 spiro atoms. The van der Waals surface area contributed by atoms with Crippen molar-refractivity contribution in [2.75, 3.05) is 32.8 Å². The molecule has 33 heavy (non-hydrogen) atoms. The van der Waals surface area contributed by atoms with Crippen LogP contribution in [0.2, 0.25) is 0 Å². The molecule has 0 saturated carbocycles. The summed E-state index contributed by atoms with van der Waals surface area (Å²) in [5.74, 6) is -1.46. The highest BCUT2D eigenvalue weighted by Crippen LogP contribution is 2.28. The van der Waals surface area contributed by atoms with Crippen LogP contribution in [0, 0.1) is 11.8 Å². The fourth-order valence-corrected chi connectivity index (χ4v) is 6.18. The van der Waals surface area contributed by atoms with Crippen molar-refractivity contribution in [2.24, 2.45) is 18.9 Å². The maximum absolute atomic E-state index is 13.3. The van der Waals surface area contributed by atoms with Gasteiger partial charge in [-0.15, -0.1) is 0 Å². The summed E-state index contributed by atoms with van der Waals surface area (Å²) < 4.78 is 39.4. The van der Waals surface area contributed by atoms with Crippen molar-refractivity contribution >= 4 is 33.0 Å². The monoisotopic (exact) mass is 479 g/mol. The topological polar surface area (TPSA) is 119 Å². The predicted octanol–water partition coefficient (Wildman–Crippen LogP) is 1.33. The number of carbonyl (C=O) groups is 2. The SMILES string of the molecule is CCOC(=O)C1CCN(C(=O)[C@H]2CCCN(S(=O)(=O)c3ccc4c(c3)oc(=O)n4C)C2)CC1. The number of sulfonamides is 1. The van der Waals surface area contributed by atoms with Crippen LogP contribution in [-0.2, 0) is 31.4 Å². The number of hydrogen-bond acceptors (Lipinski definition) is 7. The molecule has 180 valence electrons. The Hall–Kier alpha value is -2.66. The van der Waals surface area contributed by atoms with Gasteiger partial charge in [0.1, 0.15) is 0 Å². The van der Waals surface area contributed by atoms with Crippen LogP contribution in [0.15, 0.2) is 32.3 Å². The van der Waals surface area contributed by atoms with E-state index < -0.39 is 21.7 Å². The van der Waals surface area contributed by atoms with E-state index in [4.69, 9.17) is 9.15 Å². The van der Waals surface area contributed by atoms with Gasteiger partial charge < -0.3 is 14.1 Å². The third-order valence-corrected chi connectivity index (χ3v) is 8.42. The van der Waals surface area contributed by atoms with Gasteiger partial charge in [0.05, 0.1) is 28.9 Å². The summed E-state index contributed by atoms with van der Waals surface area (Å²) in [7, 11) is -2.30. The van der Waals surface area contributed by atoms with Crippen LogP contribution >= 0.6 is 0 Å². The number of amides is 1. The van der Waals surface area contributed by atoms with E-state index in [0.717, 1.165) is 0 Å². The van der Waals surface area contributed by atoms with Crippen molar-refractivity contribution in [3.05, 3.63) is 28.7 Å². The standard InChI is InChI=1S/C22H29N3O7S/c1-3-31-21(27)15-8-11-24(12-9-15)20(26)16-5-4-10-25(14-16)33(29,30)17-6-7-18-19(13-17)32-22(28)23(18)2/h6-7,13,15-16H,3-5,8-12,14H2,1-2H3/t16-/m0/s1. The molecule has 2 aliphatic rings. The molecule has 1 aromatic heterocycles. The number of esters is 1. The number of carbonyl (C=O) groups excluding carboxylic acids is 2. The minimum atomic E-state index is -3.85. The van der Waals surface area contributed by atoms with Gasteiger partial charge in [-0.25, -0.2) is 13.2 Å². The zero-order valence-corrected chi connectivity index (χ0v) is 19.7. The summed E-state index contributed by atoms with van der Waals surface area (Å²) in [6.45, 7) is 3.48. The summed E-state index contributed by atoms with van der Waals surface area (Å²) in [5, 5.41) is 0. The third kappa shape index (κ3) is 4.56. The molecule has 2 aliphatic heterocycles. The summed E-state index contributed by atoms with van der Waals surface area (Å²) >= 11 is 0. The Bertz CT molecular complexity index is 1210. The molecule has 4 rings (SSSR count). The number of aryl methyl sites for hydroxylation is 1. The lowest BCUT2D eigenvalue weighted by molar-refractivity contribution is -0.152. The minimum Gasteiger partial charge on any atom is -0.466 e. The normalized spacial score (nSPS) is 20.8. The second-order valence-corrected chi connectivity index (χ2v) is 10.5. The average molecular weight is 480 g/mol. The summed E-state index contributed by atoms with van der Waals surface area (Å²) in [6.07, 6.45) is 2.32. The second kappa shape index (κ2) is 9.30. The van der Waals surface area contributed by atoms with Gasteiger partial charge in [-0.2, -0.15) is 4.31 Å². The van der Waals surface area contributed by atoms with E-state index in [2.05, 4.69) is 0 Å². The second-order valence-electron chi connectivity index (χ2n) is 8.61. The zero-order valence-electron chi connectivity index (χ0n) is 18.9. The molecule has 0 N–H and O–H groups in total. The molecule has 11 heteroatoms. The minimum absolute atomic E-state index is 0.0349. The number of oxazole rings is 1. The van der Waals surface area contributed by atoms with Crippen molar-refractivity contribution in [3.8, 4) is 0 Å². The highest BCUT2D eigenvalue weighted by atomic mass is 32.2. The first-order valence-corrected chi connectivity index (χ1v) is 12.7. The molecule has 0 unspecified atom stereocenters. The van der Waals surface area contributed by atoms with Crippen LogP contribution in [0.1, 0.15) is 32.6 Å². The van der Waals surface area contributed by atoms with Crippen LogP contribution in [0.4, 0.5) is 0 Å². The molecule has 0 radical (unpaired) electrons. The first-order valence-electron chi connectivity index (χ1n) is 11.3.